The Morgan fingerprint density at radius 3 is 2.50 bits per heavy atom. The SMILES string of the molecule is CC(C)=C(C(=O)O)c1cccs1. The molecule has 0 spiro atoms. The van der Waals surface area contributed by atoms with Crippen LogP contribution in [0.1, 0.15) is 18.7 Å². The predicted molar refractivity (Wildman–Crippen MR) is 50.2 cm³/mol. The fourth-order valence-corrected chi connectivity index (χ4v) is 1.86. The third-order valence-corrected chi connectivity index (χ3v) is 2.37. The molecule has 3 heteroatoms. The average Bonchev–Trinajstić information content (AvgIpc) is 2.37. The molecule has 0 fully saturated rings. The van der Waals surface area contributed by atoms with E-state index in [0.717, 1.165) is 10.5 Å². The Morgan fingerprint density at radius 1 is 1.50 bits per heavy atom. The van der Waals surface area contributed by atoms with Gasteiger partial charge in [0.1, 0.15) is 0 Å². The lowest BCUT2D eigenvalue weighted by molar-refractivity contribution is -0.130. The first-order valence-corrected chi connectivity index (χ1v) is 4.45. The fourth-order valence-electron chi connectivity index (χ4n) is 0.986. The lowest BCUT2D eigenvalue weighted by Crippen LogP contribution is -1.99. The van der Waals surface area contributed by atoms with Crippen molar-refractivity contribution in [1.82, 2.24) is 0 Å². The normalized spacial score (nSPS) is 9.50. The molecule has 1 aromatic rings. The molecule has 12 heavy (non-hydrogen) atoms. The summed E-state index contributed by atoms with van der Waals surface area (Å²) in [5.74, 6) is -0.850. The zero-order valence-corrected chi connectivity index (χ0v) is 7.81. The van der Waals surface area contributed by atoms with Gasteiger partial charge in [0.15, 0.2) is 0 Å². The van der Waals surface area contributed by atoms with E-state index in [2.05, 4.69) is 0 Å². The van der Waals surface area contributed by atoms with Crippen molar-refractivity contribution in [3.63, 3.8) is 0 Å². The van der Waals surface area contributed by atoms with Gasteiger partial charge in [0.25, 0.3) is 0 Å². The molecule has 0 aliphatic heterocycles. The highest BCUT2D eigenvalue weighted by molar-refractivity contribution is 7.11. The van der Waals surface area contributed by atoms with Crippen LogP contribution in [0.15, 0.2) is 23.1 Å². The fraction of sp³-hybridized carbons (Fsp3) is 0.222. The summed E-state index contributed by atoms with van der Waals surface area (Å²) in [5, 5.41) is 10.7. The molecule has 0 radical (unpaired) electrons. The van der Waals surface area contributed by atoms with Crippen LogP contribution in [-0.4, -0.2) is 11.1 Å². The van der Waals surface area contributed by atoms with E-state index in [1.807, 2.05) is 31.4 Å². The number of carboxylic acid groups (broad SMARTS) is 1. The molecule has 1 heterocycles. The summed E-state index contributed by atoms with van der Waals surface area (Å²) in [6.07, 6.45) is 0. The maximum absolute atomic E-state index is 10.8. The molecule has 0 aromatic carbocycles. The highest BCUT2D eigenvalue weighted by Gasteiger charge is 2.12. The number of hydrogen-bond acceptors (Lipinski definition) is 2. The van der Waals surface area contributed by atoms with Crippen LogP contribution in [0.3, 0.4) is 0 Å². The summed E-state index contributed by atoms with van der Waals surface area (Å²) in [6.45, 7) is 3.62. The molecule has 0 amide bonds. The van der Waals surface area contributed by atoms with E-state index in [0.29, 0.717) is 5.57 Å². The van der Waals surface area contributed by atoms with Gasteiger partial charge in [0.05, 0.1) is 5.57 Å². The van der Waals surface area contributed by atoms with Crippen LogP contribution in [0.25, 0.3) is 5.57 Å². The average molecular weight is 182 g/mol. The standard InChI is InChI=1S/C9H10O2S/c1-6(2)8(9(10)11)7-4-3-5-12-7/h3-5H,1-2H3,(H,10,11). The number of aliphatic carboxylic acids is 1. The summed E-state index contributed by atoms with van der Waals surface area (Å²) in [6, 6.07) is 3.67. The van der Waals surface area contributed by atoms with E-state index >= 15 is 0 Å². The zero-order chi connectivity index (χ0) is 9.14. The first-order valence-electron chi connectivity index (χ1n) is 3.57. The Bertz CT molecular complexity index is 305. The second-order valence-corrected chi connectivity index (χ2v) is 3.61. The van der Waals surface area contributed by atoms with Crippen LogP contribution < -0.4 is 0 Å². The van der Waals surface area contributed by atoms with Gasteiger partial charge in [-0.25, -0.2) is 4.79 Å². The Morgan fingerprint density at radius 2 is 2.17 bits per heavy atom. The largest absolute Gasteiger partial charge is 0.478 e. The van der Waals surface area contributed by atoms with Gasteiger partial charge < -0.3 is 5.11 Å². The lowest BCUT2D eigenvalue weighted by Gasteiger charge is -2.00. The van der Waals surface area contributed by atoms with E-state index in [9.17, 15) is 4.79 Å². The Hall–Kier alpha value is -1.09. The highest BCUT2D eigenvalue weighted by atomic mass is 32.1. The zero-order valence-electron chi connectivity index (χ0n) is 7.00. The minimum Gasteiger partial charge on any atom is -0.478 e. The minimum absolute atomic E-state index is 0.421. The van der Waals surface area contributed by atoms with Crippen LogP contribution in [-0.2, 0) is 4.79 Å². The monoisotopic (exact) mass is 182 g/mol. The maximum Gasteiger partial charge on any atom is 0.337 e. The smallest absolute Gasteiger partial charge is 0.337 e. The van der Waals surface area contributed by atoms with Crippen LogP contribution in [0.2, 0.25) is 0 Å². The van der Waals surface area contributed by atoms with Crippen molar-refractivity contribution >= 4 is 22.9 Å². The Kier molecular flexibility index (Phi) is 2.65. The van der Waals surface area contributed by atoms with Crippen LogP contribution in [0.5, 0.6) is 0 Å². The van der Waals surface area contributed by atoms with Gasteiger partial charge in [-0.05, 0) is 25.3 Å². The number of rotatable bonds is 2. The molecule has 0 bridgehead atoms. The van der Waals surface area contributed by atoms with Gasteiger partial charge in [-0.2, -0.15) is 0 Å². The topological polar surface area (TPSA) is 37.3 Å². The molecule has 64 valence electrons. The third kappa shape index (κ3) is 1.74. The lowest BCUT2D eigenvalue weighted by atomic mass is 10.1. The molecule has 0 atom stereocenters. The van der Waals surface area contributed by atoms with Crippen molar-refractivity contribution in [2.75, 3.05) is 0 Å². The van der Waals surface area contributed by atoms with Crippen LogP contribution in [0.4, 0.5) is 0 Å². The van der Waals surface area contributed by atoms with Crippen LogP contribution in [0, 0.1) is 0 Å². The summed E-state index contributed by atoms with van der Waals surface area (Å²) in [4.78, 5) is 11.6. The van der Waals surface area contributed by atoms with Crippen molar-refractivity contribution in [2.45, 2.75) is 13.8 Å². The van der Waals surface area contributed by atoms with Crippen molar-refractivity contribution in [3.05, 3.63) is 28.0 Å². The molecule has 1 rings (SSSR count). The van der Waals surface area contributed by atoms with Gasteiger partial charge >= 0.3 is 5.97 Å². The molecule has 1 N–H and O–H groups in total. The number of carbonyl (C=O) groups is 1. The van der Waals surface area contributed by atoms with Gasteiger partial charge in [-0.3, -0.25) is 0 Å². The molecule has 0 unspecified atom stereocenters. The third-order valence-electron chi connectivity index (χ3n) is 1.48. The summed E-state index contributed by atoms with van der Waals surface area (Å²) in [7, 11) is 0. The predicted octanol–water partition coefficient (Wildman–Crippen LogP) is 2.63. The first-order chi connectivity index (χ1) is 5.63. The number of thiophene rings is 1. The Labute approximate surface area is 75.2 Å². The second-order valence-electron chi connectivity index (χ2n) is 2.66. The molecular formula is C9H10O2S. The van der Waals surface area contributed by atoms with Gasteiger partial charge in [-0.15, -0.1) is 11.3 Å². The first kappa shape index (κ1) is 9.00. The number of allylic oxidation sites excluding steroid dienone is 1. The van der Waals surface area contributed by atoms with E-state index in [1.54, 1.807) is 0 Å². The number of carboxylic acids is 1. The van der Waals surface area contributed by atoms with Crippen molar-refractivity contribution in [1.29, 1.82) is 0 Å². The minimum atomic E-state index is -0.850. The van der Waals surface area contributed by atoms with Gasteiger partial charge in [0.2, 0.25) is 0 Å². The van der Waals surface area contributed by atoms with E-state index in [-0.39, 0.29) is 0 Å². The second kappa shape index (κ2) is 3.54. The van der Waals surface area contributed by atoms with E-state index in [1.165, 1.54) is 11.3 Å². The van der Waals surface area contributed by atoms with Gasteiger partial charge in [-0.1, -0.05) is 11.6 Å². The van der Waals surface area contributed by atoms with Crippen molar-refractivity contribution < 1.29 is 9.90 Å². The summed E-state index contributed by atoms with van der Waals surface area (Å²) < 4.78 is 0. The van der Waals surface area contributed by atoms with Crippen molar-refractivity contribution in [2.24, 2.45) is 0 Å². The maximum atomic E-state index is 10.8. The molecular weight excluding hydrogens is 172 g/mol. The van der Waals surface area contributed by atoms with Gasteiger partial charge in [0, 0.05) is 4.88 Å². The molecule has 0 aliphatic rings. The Balaban J connectivity index is 3.15. The molecule has 0 aliphatic carbocycles. The summed E-state index contributed by atoms with van der Waals surface area (Å²) >= 11 is 1.45. The molecule has 0 saturated carbocycles. The highest BCUT2D eigenvalue weighted by Crippen LogP contribution is 2.23. The van der Waals surface area contributed by atoms with E-state index in [4.69, 9.17) is 5.11 Å². The van der Waals surface area contributed by atoms with E-state index < -0.39 is 5.97 Å². The quantitative estimate of drug-likeness (QED) is 0.714. The van der Waals surface area contributed by atoms with Crippen LogP contribution >= 0.6 is 11.3 Å². The molecule has 2 nitrogen and oxygen atoms in total. The molecule has 0 saturated heterocycles. The summed E-state index contributed by atoms with van der Waals surface area (Å²) in [5.41, 5.74) is 1.26. The number of hydrogen-bond donors (Lipinski definition) is 1. The molecule has 1 aromatic heterocycles. The van der Waals surface area contributed by atoms with Crippen molar-refractivity contribution in [3.8, 4) is 0 Å².